The van der Waals surface area contributed by atoms with Gasteiger partial charge in [0.05, 0.1) is 31.9 Å². The van der Waals surface area contributed by atoms with Gasteiger partial charge in [-0.25, -0.2) is 4.98 Å². The Morgan fingerprint density at radius 3 is 2.53 bits per heavy atom. The zero-order valence-electron chi connectivity index (χ0n) is 17.9. The fraction of sp³-hybridized carbons (Fsp3) is 0.333. The number of nitrogens with one attached hydrogen (secondary N) is 1. The topological polar surface area (TPSA) is 40.9 Å². The van der Waals surface area contributed by atoms with Crippen LogP contribution in [-0.4, -0.2) is 37.1 Å². The van der Waals surface area contributed by atoms with E-state index in [4.69, 9.17) is 4.98 Å². The number of amides is 1. The van der Waals surface area contributed by atoms with Gasteiger partial charge in [0.1, 0.15) is 12.2 Å². The predicted octanol–water partition coefficient (Wildman–Crippen LogP) is 3.35. The van der Waals surface area contributed by atoms with E-state index in [9.17, 15) is 4.79 Å². The highest BCUT2D eigenvalue weighted by atomic mass is 32.1. The summed E-state index contributed by atoms with van der Waals surface area (Å²) in [6.07, 6.45) is 0. The Morgan fingerprint density at radius 1 is 1.10 bits per heavy atom. The minimum Gasteiger partial charge on any atom is -0.360 e. The maximum atomic E-state index is 12.5. The number of piperazine rings is 1. The van der Waals surface area contributed by atoms with Crippen molar-refractivity contribution in [2.75, 3.05) is 36.0 Å². The van der Waals surface area contributed by atoms with E-state index in [0.717, 1.165) is 54.8 Å². The number of hydrogen-bond acceptors (Lipinski definition) is 4. The van der Waals surface area contributed by atoms with Gasteiger partial charge in [0.2, 0.25) is 5.91 Å². The molecule has 5 nitrogen and oxygen atoms in total. The summed E-state index contributed by atoms with van der Waals surface area (Å²) in [5, 5.41) is 2.86. The molecule has 1 aliphatic heterocycles. The summed E-state index contributed by atoms with van der Waals surface area (Å²) >= 11 is 1.55. The summed E-state index contributed by atoms with van der Waals surface area (Å²) in [7, 11) is 0. The van der Waals surface area contributed by atoms with Gasteiger partial charge in [-0.1, -0.05) is 30.3 Å². The lowest BCUT2D eigenvalue weighted by molar-refractivity contribution is -0.914. The molecule has 4 rings (SSSR count). The quantitative estimate of drug-likeness (QED) is 0.687. The summed E-state index contributed by atoms with van der Waals surface area (Å²) in [6.45, 7) is 10.9. The number of carbonyl (C=O) groups excluding carboxylic acids is 1. The molecule has 1 fully saturated rings. The fourth-order valence-corrected chi connectivity index (χ4v) is 4.90. The van der Waals surface area contributed by atoms with Crippen LogP contribution in [-0.2, 0) is 11.3 Å². The Hall–Kier alpha value is -2.70. The molecule has 1 aliphatic rings. The number of para-hydroxylation sites is 1. The fourth-order valence-electron chi connectivity index (χ4n) is 4.02. The molecule has 0 unspecified atom stereocenters. The van der Waals surface area contributed by atoms with Gasteiger partial charge >= 0.3 is 0 Å². The molecule has 0 bridgehead atoms. The van der Waals surface area contributed by atoms with Crippen molar-refractivity contribution in [3.8, 4) is 0 Å². The van der Waals surface area contributed by atoms with Crippen LogP contribution >= 0.6 is 11.3 Å². The molecule has 156 valence electrons. The lowest BCUT2D eigenvalue weighted by Gasteiger charge is -2.33. The second-order valence-electron chi connectivity index (χ2n) is 7.94. The maximum absolute atomic E-state index is 12.5. The molecule has 0 atom stereocenters. The summed E-state index contributed by atoms with van der Waals surface area (Å²) in [5.41, 5.74) is 5.59. The molecule has 1 saturated heterocycles. The molecule has 0 saturated carbocycles. The number of rotatable bonds is 5. The van der Waals surface area contributed by atoms with Gasteiger partial charge in [-0.2, -0.15) is 0 Å². The third-order valence-electron chi connectivity index (χ3n) is 5.89. The third kappa shape index (κ3) is 4.40. The second-order valence-corrected chi connectivity index (χ2v) is 8.78. The number of anilines is 3. The van der Waals surface area contributed by atoms with Gasteiger partial charge in [0.25, 0.3) is 0 Å². The molecule has 1 N–H and O–H groups in total. The number of benzene rings is 2. The smallest absolute Gasteiger partial charge is 0.230 e. The first-order chi connectivity index (χ1) is 14.5. The molecule has 30 heavy (non-hydrogen) atoms. The Kier molecular flexibility index (Phi) is 6.16. The van der Waals surface area contributed by atoms with Crippen molar-refractivity contribution in [2.45, 2.75) is 27.3 Å². The SMILES string of the molecule is CC(=O)N(c1nc(C[NH+]2CCN(c3ccccc3)CC2)cs1)c1cccc(C)c1C. The van der Waals surface area contributed by atoms with E-state index >= 15 is 0 Å². The monoisotopic (exact) mass is 421 g/mol. The lowest BCUT2D eigenvalue weighted by Crippen LogP contribution is -3.13. The van der Waals surface area contributed by atoms with Crippen LogP contribution in [0.1, 0.15) is 23.7 Å². The Labute approximate surface area is 182 Å². The van der Waals surface area contributed by atoms with Gasteiger partial charge < -0.3 is 9.80 Å². The number of hydrogen-bond donors (Lipinski definition) is 1. The first-order valence-corrected chi connectivity index (χ1v) is 11.4. The van der Waals surface area contributed by atoms with Gasteiger partial charge in [0.15, 0.2) is 5.13 Å². The van der Waals surface area contributed by atoms with Crippen LogP contribution in [0.25, 0.3) is 0 Å². The van der Waals surface area contributed by atoms with Gasteiger partial charge in [-0.3, -0.25) is 9.69 Å². The standard InChI is InChI=1S/C24H28N4OS/c1-18-8-7-11-23(19(18)2)28(20(3)29)24-25-21(17-30-24)16-26-12-14-27(15-13-26)22-9-5-4-6-10-22/h4-11,17H,12-16H2,1-3H3/p+1. The summed E-state index contributed by atoms with van der Waals surface area (Å²) < 4.78 is 0. The molecule has 1 aromatic heterocycles. The number of aryl methyl sites for hydroxylation is 1. The Balaban J connectivity index is 1.44. The molecule has 1 amide bonds. The van der Waals surface area contributed by atoms with E-state index in [1.165, 1.54) is 11.3 Å². The van der Waals surface area contributed by atoms with Crippen LogP contribution in [0.4, 0.5) is 16.5 Å². The first kappa shape index (κ1) is 20.6. The third-order valence-corrected chi connectivity index (χ3v) is 6.76. The predicted molar refractivity (Wildman–Crippen MR) is 124 cm³/mol. The minimum absolute atomic E-state index is 0.00609. The van der Waals surface area contributed by atoms with Crippen molar-refractivity contribution in [2.24, 2.45) is 0 Å². The van der Waals surface area contributed by atoms with Crippen LogP contribution in [0.15, 0.2) is 53.9 Å². The number of nitrogens with zero attached hydrogens (tertiary/aromatic N) is 3. The lowest BCUT2D eigenvalue weighted by atomic mass is 10.1. The minimum atomic E-state index is -0.00609. The molecule has 0 spiro atoms. The molecule has 2 heterocycles. The number of carbonyl (C=O) groups is 1. The van der Waals surface area contributed by atoms with E-state index in [0.29, 0.717) is 0 Å². The van der Waals surface area contributed by atoms with E-state index < -0.39 is 0 Å². The van der Waals surface area contributed by atoms with Crippen LogP contribution in [0.3, 0.4) is 0 Å². The van der Waals surface area contributed by atoms with E-state index in [1.807, 2.05) is 12.1 Å². The number of aromatic nitrogens is 1. The zero-order valence-corrected chi connectivity index (χ0v) is 18.7. The van der Waals surface area contributed by atoms with Crippen LogP contribution in [0, 0.1) is 13.8 Å². The van der Waals surface area contributed by atoms with Crippen molar-refractivity contribution in [3.05, 3.63) is 70.7 Å². The maximum Gasteiger partial charge on any atom is 0.230 e. The highest BCUT2D eigenvalue weighted by molar-refractivity contribution is 7.14. The highest BCUT2D eigenvalue weighted by Crippen LogP contribution is 2.32. The second kappa shape index (κ2) is 8.98. The normalized spacial score (nSPS) is 14.7. The molecule has 2 aromatic carbocycles. The molecule has 6 heteroatoms. The molecule has 0 aliphatic carbocycles. The van der Waals surface area contributed by atoms with Crippen LogP contribution in [0.2, 0.25) is 0 Å². The van der Waals surface area contributed by atoms with E-state index in [1.54, 1.807) is 28.1 Å². The molecular formula is C24H29N4OS+. The van der Waals surface area contributed by atoms with Crippen molar-refractivity contribution >= 4 is 33.8 Å². The first-order valence-electron chi connectivity index (χ1n) is 10.5. The van der Waals surface area contributed by atoms with Crippen LogP contribution in [0.5, 0.6) is 0 Å². The Bertz CT molecular complexity index is 1010. The van der Waals surface area contributed by atoms with E-state index in [2.05, 4.69) is 60.5 Å². The summed E-state index contributed by atoms with van der Waals surface area (Å²) in [5.74, 6) is -0.00609. The number of quaternary nitrogens is 1. The van der Waals surface area contributed by atoms with Crippen LogP contribution < -0.4 is 14.7 Å². The van der Waals surface area contributed by atoms with Crippen molar-refractivity contribution in [1.29, 1.82) is 0 Å². The van der Waals surface area contributed by atoms with Crippen molar-refractivity contribution < 1.29 is 9.69 Å². The van der Waals surface area contributed by atoms with Gasteiger partial charge in [-0.15, -0.1) is 11.3 Å². The van der Waals surface area contributed by atoms with Crippen molar-refractivity contribution in [1.82, 2.24) is 4.98 Å². The van der Waals surface area contributed by atoms with Gasteiger partial charge in [0, 0.05) is 18.0 Å². The largest absolute Gasteiger partial charge is 0.360 e. The summed E-state index contributed by atoms with van der Waals surface area (Å²) in [4.78, 5) is 23.0. The average molecular weight is 422 g/mol. The molecular weight excluding hydrogens is 392 g/mol. The highest BCUT2D eigenvalue weighted by Gasteiger charge is 2.24. The average Bonchev–Trinajstić information content (AvgIpc) is 3.20. The molecule has 0 radical (unpaired) electrons. The van der Waals surface area contributed by atoms with Crippen molar-refractivity contribution in [3.63, 3.8) is 0 Å². The van der Waals surface area contributed by atoms with Gasteiger partial charge in [-0.05, 0) is 43.2 Å². The number of thiazole rings is 1. The zero-order chi connectivity index (χ0) is 21.1. The van der Waals surface area contributed by atoms with E-state index in [-0.39, 0.29) is 5.91 Å². The summed E-state index contributed by atoms with van der Waals surface area (Å²) in [6, 6.07) is 16.7. The molecule has 3 aromatic rings. The Morgan fingerprint density at radius 2 is 1.83 bits per heavy atom.